The van der Waals surface area contributed by atoms with Crippen LogP contribution in [0.2, 0.25) is 0 Å². The molecule has 4 unspecified atom stereocenters. The van der Waals surface area contributed by atoms with Crippen molar-refractivity contribution in [2.24, 2.45) is 5.92 Å². The van der Waals surface area contributed by atoms with Crippen LogP contribution >= 0.6 is 0 Å². The molecule has 4 atom stereocenters. The van der Waals surface area contributed by atoms with Crippen molar-refractivity contribution in [2.75, 3.05) is 6.61 Å². The van der Waals surface area contributed by atoms with E-state index in [1.165, 1.54) is 0 Å². The van der Waals surface area contributed by atoms with E-state index in [9.17, 15) is 14.7 Å². The van der Waals surface area contributed by atoms with Gasteiger partial charge in [-0.3, -0.25) is 9.59 Å². The highest BCUT2D eigenvalue weighted by atomic mass is 16.5. The van der Waals surface area contributed by atoms with Gasteiger partial charge in [-0.2, -0.15) is 0 Å². The molecular formula is C13H21NO4. The third kappa shape index (κ3) is 2.36. The van der Waals surface area contributed by atoms with Crippen LogP contribution in [-0.4, -0.2) is 46.7 Å². The second-order valence-electron chi connectivity index (χ2n) is 5.36. The molecular weight excluding hydrogens is 234 g/mol. The lowest BCUT2D eigenvalue weighted by Gasteiger charge is -2.43. The molecule has 0 aromatic heterocycles. The van der Waals surface area contributed by atoms with Gasteiger partial charge in [0, 0.05) is 18.7 Å². The lowest BCUT2D eigenvalue weighted by Crippen LogP contribution is -2.55. The summed E-state index contributed by atoms with van der Waals surface area (Å²) in [4.78, 5) is 25.3. The SMILES string of the molecule is CC1CCC(C(=O)O)C(C)N1C(=O)C1CCCO1. The number of aliphatic carboxylic acids is 1. The molecule has 2 rings (SSSR count). The van der Waals surface area contributed by atoms with Crippen molar-refractivity contribution < 1.29 is 19.4 Å². The van der Waals surface area contributed by atoms with Gasteiger partial charge in [-0.05, 0) is 39.5 Å². The maximum Gasteiger partial charge on any atom is 0.308 e. The fraction of sp³-hybridized carbons (Fsp3) is 0.846. The molecule has 0 bridgehead atoms. The molecule has 102 valence electrons. The van der Waals surface area contributed by atoms with Gasteiger partial charge in [0.15, 0.2) is 0 Å². The van der Waals surface area contributed by atoms with Gasteiger partial charge in [-0.15, -0.1) is 0 Å². The molecule has 0 aromatic rings. The van der Waals surface area contributed by atoms with Crippen molar-refractivity contribution in [2.45, 2.75) is 57.7 Å². The zero-order valence-corrected chi connectivity index (χ0v) is 11.0. The van der Waals surface area contributed by atoms with Crippen molar-refractivity contribution in [1.29, 1.82) is 0 Å². The summed E-state index contributed by atoms with van der Waals surface area (Å²) in [6.45, 7) is 4.46. The molecule has 18 heavy (non-hydrogen) atoms. The Morgan fingerprint density at radius 1 is 1.22 bits per heavy atom. The molecule has 0 aliphatic carbocycles. The van der Waals surface area contributed by atoms with Crippen molar-refractivity contribution >= 4 is 11.9 Å². The number of rotatable bonds is 2. The molecule has 5 nitrogen and oxygen atoms in total. The maximum atomic E-state index is 12.4. The van der Waals surface area contributed by atoms with Gasteiger partial charge >= 0.3 is 5.97 Å². The molecule has 0 spiro atoms. The number of amides is 1. The summed E-state index contributed by atoms with van der Waals surface area (Å²) in [7, 11) is 0. The van der Waals surface area contributed by atoms with E-state index in [4.69, 9.17) is 4.74 Å². The molecule has 0 radical (unpaired) electrons. The van der Waals surface area contributed by atoms with E-state index in [1.807, 2.05) is 13.8 Å². The second-order valence-corrected chi connectivity index (χ2v) is 5.36. The number of carboxylic acid groups (broad SMARTS) is 1. The van der Waals surface area contributed by atoms with Crippen LogP contribution in [-0.2, 0) is 14.3 Å². The number of piperidine rings is 1. The van der Waals surface area contributed by atoms with E-state index >= 15 is 0 Å². The second kappa shape index (κ2) is 5.26. The van der Waals surface area contributed by atoms with Gasteiger partial charge in [0.25, 0.3) is 5.91 Å². The minimum Gasteiger partial charge on any atom is -0.481 e. The summed E-state index contributed by atoms with van der Waals surface area (Å²) in [6, 6.07) is -0.143. The lowest BCUT2D eigenvalue weighted by atomic mass is 9.86. The molecule has 0 aromatic carbocycles. The number of hydrogen-bond acceptors (Lipinski definition) is 3. The van der Waals surface area contributed by atoms with Gasteiger partial charge in [0.05, 0.1) is 5.92 Å². The first-order valence-electron chi connectivity index (χ1n) is 6.69. The zero-order chi connectivity index (χ0) is 13.3. The number of hydrogen-bond donors (Lipinski definition) is 1. The Balaban J connectivity index is 2.12. The van der Waals surface area contributed by atoms with E-state index in [0.717, 1.165) is 19.3 Å². The zero-order valence-electron chi connectivity index (χ0n) is 11.0. The van der Waals surface area contributed by atoms with Crippen molar-refractivity contribution in [3.05, 3.63) is 0 Å². The lowest BCUT2D eigenvalue weighted by molar-refractivity contribution is -0.156. The Hall–Kier alpha value is -1.10. The predicted octanol–water partition coefficient (Wildman–Crippen LogP) is 1.27. The van der Waals surface area contributed by atoms with Crippen LogP contribution < -0.4 is 0 Å². The summed E-state index contributed by atoms with van der Waals surface area (Å²) >= 11 is 0. The van der Waals surface area contributed by atoms with Crippen LogP contribution in [0.5, 0.6) is 0 Å². The summed E-state index contributed by atoms with van der Waals surface area (Å²) in [5.41, 5.74) is 0. The topological polar surface area (TPSA) is 66.8 Å². The molecule has 1 N–H and O–H groups in total. The van der Waals surface area contributed by atoms with Crippen LogP contribution in [0.15, 0.2) is 0 Å². The van der Waals surface area contributed by atoms with Crippen LogP contribution in [0.4, 0.5) is 0 Å². The molecule has 2 fully saturated rings. The molecule has 2 saturated heterocycles. The van der Waals surface area contributed by atoms with Crippen molar-refractivity contribution in [1.82, 2.24) is 4.90 Å². The number of likely N-dealkylation sites (tertiary alicyclic amines) is 1. The third-order valence-electron chi connectivity index (χ3n) is 4.17. The Morgan fingerprint density at radius 2 is 1.94 bits per heavy atom. The number of nitrogens with zero attached hydrogens (tertiary/aromatic N) is 1. The summed E-state index contributed by atoms with van der Waals surface area (Å²) in [5, 5.41) is 9.19. The number of carbonyl (C=O) groups is 2. The van der Waals surface area contributed by atoms with Gasteiger partial charge in [0.2, 0.25) is 0 Å². The fourth-order valence-corrected chi connectivity index (χ4v) is 3.08. The molecule has 2 aliphatic heterocycles. The molecule has 5 heteroatoms. The Labute approximate surface area is 107 Å². The summed E-state index contributed by atoms with van der Waals surface area (Å²) in [6.07, 6.45) is 2.71. The Morgan fingerprint density at radius 3 is 2.50 bits per heavy atom. The average Bonchev–Trinajstić information content (AvgIpc) is 2.81. The van der Waals surface area contributed by atoms with Crippen molar-refractivity contribution in [3.8, 4) is 0 Å². The number of carbonyl (C=O) groups excluding carboxylic acids is 1. The first-order chi connectivity index (χ1) is 8.52. The molecule has 1 amide bonds. The van der Waals surface area contributed by atoms with Crippen LogP contribution in [0.3, 0.4) is 0 Å². The third-order valence-corrected chi connectivity index (χ3v) is 4.17. The smallest absolute Gasteiger partial charge is 0.308 e. The predicted molar refractivity (Wildman–Crippen MR) is 65.1 cm³/mol. The first-order valence-corrected chi connectivity index (χ1v) is 6.69. The van der Waals surface area contributed by atoms with Crippen LogP contribution in [0.25, 0.3) is 0 Å². The molecule has 0 saturated carbocycles. The van der Waals surface area contributed by atoms with Gasteiger partial charge in [0.1, 0.15) is 6.10 Å². The number of carboxylic acids is 1. The van der Waals surface area contributed by atoms with Gasteiger partial charge in [-0.1, -0.05) is 0 Å². The minimum atomic E-state index is -0.806. The standard InChI is InChI=1S/C13H21NO4/c1-8-5-6-10(13(16)17)9(2)14(8)12(15)11-4-3-7-18-11/h8-11H,3-7H2,1-2H3,(H,16,17). The first kappa shape index (κ1) is 13.3. The van der Waals surface area contributed by atoms with Crippen LogP contribution in [0, 0.1) is 5.92 Å². The van der Waals surface area contributed by atoms with Gasteiger partial charge in [-0.25, -0.2) is 0 Å². The maximum absolute atomic E-state index is 12.4. The van der Waals surface area contributed by atoms with Crippen molar-refractivity contribution in [3.63, 3.8) is 0 Å². The summed E-state index contributed by atoms with van der Waals surface area (Å²) in [5.74, 6) is -1.29. The molecule has 2 heterocycles. The number of ether oxygens (including phenoxy) is 1. The highest BCUT2D eigenvalue weighted by molar-refractivity contribution is 5.83. The van der Waals surface area contributed by atoms with E-state index in [1.54, 1.807) is 4.90 Å². The van der Waals surface area contributed by atoms with E-state index in [-0.39, 0.29) is 24.1 Å². The quantitative estimate of drug-likeness (QED) is 0.806. The fourth-order valence-electron chi connectivity index (χ4n) is 3.08. The summed E-state index contributed by atoms with van der Waals surface area (Å²) < 4.78 is 5.42. The van der Waals surface area contributed by atoms with E-state index in [0.29, 0.717) is 13.0 Å². The molecule has 2 aliphatic rings. The average molecular weight is 255 g/mol. The highest BCUT2D eigenvalue weighted by Gasteiger charge is 2.41. The van der Waals surface area contributed by atoms with E-state index in [2.05, 4.69) is 0 Å². The normalized spacial score (nSPS) is 36.7. The Kier molecular flexibility index (Phi) is 3.90. The largest absolute Gasteiger partial charge is 0.481 e. The minimum absolute atomic E-state index is 0.0292. The highest BCUT2D eigenvalue weighted by Crippen LogP contribution is 2.30. The van der Waals surface area contributed by atoms with Crippen LogP contribution in [0.1, 0.15) is 39.5 Å². The monoisotopic (exact) mass is 255 g/mol. The van der Waals surface area contributed by atoms with Gasteiger partial charge < -0.3 is 14.7 Å². The Bertz CT molecular complexity index is 338. The van der Waals surface area contributed by atoms with E-state index < -0.39 is 11.9 Å².